The monoisotopic (exact) mass is 466 g/mol. The van der Waals surface area contributed by atoms with Gasteiger partial charge in [0, 0.05) is 25.9 Å². The fourth-order valence-electron chi connectivity index (χ4n) is 3.15. The summed E-state index contributed by atoms with van der Waals surface area (Å²) >= 11 is 1.44. The molecule has 32 heavy (non-hydrogen) atoms. The number of amides is 1. The normalized spacial score (nSPS) is 11.8. The third-order valence-corrected chi connectivity index (χ3v) is 7.81. The molecule has 0 bridgehead atoms. The molecular weight excluding hydrogens is 444 g/mol. The van der Waals surface area contributed by atoms with E-state index in [4.69, 9.17) is 0 Å². The van der Waals surface area contributed by atoms with Gasteiger partial charge in [-0.25, -0.2) is 17.7 Å². The highest BCUT2D eigenvalue weighted by molar-refractivity contribution is 7.89. The second kappa shape index (κ2) is 8.78. The predicted molar refractivity (Wildman–Crippen MR) is 126 cm³/mol. The molecule has 164 valence electrons. The van der Waals surface area contributed by atoms with Gasteiger partial charge in [0.1, 0.15) is 0 Å². The topological polar surface area (TPSA) is 83.5 Å². The molecule has 7 nitrogen and oxygen atoms in total. The number of fused-ring (bicyclic) bond motifs is 1. The van der Waals surface area contributed by atoms with E-state index in [9.17, 15) is 13.2 Å². The van der Waals surface area contributed by atoms with E-state index in [-0.39, 0.29) is 17.3 Å². The molecule has 9 heteroatoms. The van der Waals surface area contributed by atoms with Crippen LogP contribution in [0.15, 0.2) is 71.8 Å². The lowest BCUT2D eigenvalue weighted by molar-refractivity contribution is 0.0984. The van der Waals surface area contributed by atoms with Gasteiger partial charge in [-0.1, -0.05) is 23.5 Å². The molecule has 2 aromatic carbocycles. The van der Waals surface area contributed by atoms with Crippen molar-refractivity contribution in [1.82, 2.24) is 14.3 Å². The number of aromatic nitrogens is 2. The Labute approximate surface area is 191 Å². The molecule has 4 rings (SSSR count). The zero-order valence-electron chi connectivity index (χ0n) is 17.9. The third-order valence-electron chi connectivity index (χ3n) is 4.93. The van der Waals surface area contributed by atoms with Crippen molar-refractivity contribution in [3.63, 3.8) is 0 Å². The van der Waals surface area contributed by atoms with Crippen LogP contribution in [0.2, 0.25) is 0 Å². The van der Waals surface area contributed by atoms with Crippen molar-refractivity contribution < 1.29 is 13.2 Å². The van der Waals surface area contributed by atoms with E-state index in [1.165, 1.54) is 49.7 Å². The molecule has 0 aliphatic carbocycles. The fourth-order valence-corrected chi connectivity index (χ4v) is 5.11. The molecule has 1 amide bonds. The van der Waals surface area contributed by atoms with Gasteiger partial charge in [-0.05, 0) is 61.0 Å². The second-order valence-electron chi connectivity index (χ2n) is 7.49. The molecule has 0 radical (unpaired) electrons. The van der Waals surface area contributed by atoms with Gasteiger partial charge in [0.2, 0.25) is 10.0 Å². The number of hydrogen-bond donors (Lipinski definition) is 0. The van der Waals surface area contributed by atoms with E-state index in [0.29, 0.717) is 10.7 Å². The van der Waals surface area contributed by atoms with E-state index in [2.05, 4.69) is 9.97 Å². The summed E-state index contributed by atoms with van der Waals surface area (Å²) in [5, 5.41) is 0.561. The predicted octanol–water partition coefficient (Wildman–Crippen LogP) is 4.10. The number of aryl methyl sites for hydroxylation is 1. The zero-order valence-corrected chi connectivity index (χ0v) is 19.5. The molecule has 2 heterocycles. The van der Waals surface area contributed by atoms with Crippen LogP contribution < -0.4 is 4.90 Å². The Morgan fingerprint density at radius 2 is 1.78 bits per heavy atom. The van der Waals surface area contributed by atoms with Crippen molar-refractivity contribution in [1.29, 1.82) is 0 Å². The van der Waals surface area contributed by atoms with E-state index in [0.717, 1.165) is 25.8 Å². The Morgan fingerprint density at radius 1 is 1.03 bits per heavy atom. The summed E-state index contributed by atoms with van der Waals surface area (Å²) in [7, 11) is -0.633. The number of pyridine rings is 1. The Kier molecular flexibility index (Phi) is 6.05. The number of hydrogen-bond acceptors (Lipinski definition) is 6. The number of sulfonamides is 1. The van der Waals surface area contributed by atoms with Crippen LogP contribution in [-0.4, -0.2) is 42.7 Å². The number of benzene rings is 2. The molecule has 0 N–H and O–H groups in total. The maximum Gasteiger partial charge on any atom is 0.260 e. The van der Waals surface area contributed by atoms with Gasteiger partial charge in [0.15, 0.2) is 5.13 Å². The Balaban J connectivity index is 1.73. The van der Waals surface area contributed by atoms with Gasteiger partial charge >= 0.3 is 0 Å². The number of anilines is 1. The largest absolute Gasteiger partial charge is 0.278 e. The minimum atomic E-state index is -3.57. The van der Waals surface area contributed by atoms with Crippen LogP contribution in [0.25, 0.3) is 10.2 Å². The molecule has 0 saturated heterocycles. The maximum absolute atomic E-state index is 13.5. The van der Waals surface area contributed by atoms with Crippen LogP contribution in [0.1, 0.15) is 21.6 Å². The Bertz CT molecular complexity index is 1370. The zero-order chi connectivity index (χ0) is 22.9. The highest BCUT2D eigenvalue weighted by atomic mass is 32.2. The molecule has 2 aromatic heterocycles. The number of nitrogens with zero attached hydrogens (tertiary/aromatic N) is 4. The van der Waals surface area contributed by atoms with Gasteiger partial charge in [0.25, 0.3) is 5.91 Å². The molecule has 0 atom stereocenters. The van der Waals surface area contributed by atoms with Crippen LogP contribution in [0, 0.1) is 6.92 Å². The maximum atomic E-state index is 13.5. The van der Waals surface area contributed by atoms with E-state index in [1.54, 1.807) is 11.1 Å². The molecule has 0 saturated carbocycles. The van der Waals surface area contributed by atoms with Gasteiger partial charge in [-0.2, -0.15) is 0 Å². The van der Waals surface area contributed by atoms with Crippen molar-refractivity contribution in [3.05, 3.63) is 83.7 Å². The van der Waals surface area contributed by atoms with Crippen molar-refractivity contribution in [2.75, 3.05) is 19.0 Å². The first-order valence-corrected chi connectivity index (χ1v) is 12.1. The van der Waals surface area contributed by atoms with Gasteiger partial charge in [0.05, 0.1) is 27.4 Å². The van der Waals surface area contributed by atoms with E-state index in [1.807, 2.05) is 43.3 Å². The lowest BCUT2D eigenvalue weighted by Gasteiger charge is -2.20. The first kappa shape index (κ1) is 22.1. The number of rotatable bonds is 6. The highest BCUT2D eigenvalue weighted by Gasteiger charge is 2.24. The average Bonchev–Trinajstić information content (AvgIpc) is 3.20. The van der Waals surface area contributed by atoms with Crippen LogP contribution >= 0.6 is 11.3 Å². The molecular formula is C23H22N4O3S2. The standard InChI is InChI=1S/C23H22N4O3S2/c1-16-7-12-20-21(14-16)31-23(25-20)27(15-18-6-4-5-13-24-18)22(28)17-8-10-19(11-9-17)32(29,30)26(2)3/h4-14H,15H2,1-3H3. The SMILES string of the molecule is Cc1ccc2nc(N(Cc3ccccn3)C(=O)c3ccc(S(=O)(=O)N(C)C)cc3)sc2c1. The van der Waals surface area contributed by atoms with Crippen molar-refractivity contribution in [2.24, 2.45) is 0 Å². The molecule has 0 spiro atoms. The van der Waals surface area contributed by atoms with Gasteiger partial charge < -0.3 is 0 Å². The number of carbonyl (C=O) groups is 1. The highest BCUT2D eigenvalue weighted by Crippen LogP contribution is 2.31. The summed E-state index contributed by atoms with van der Waals surface area (Å²) in [4.78, 5) is 24.2. The van der Waals surface area contributed by atoms with Crippen LogP contribution in [0.5, 0.6) is 0 Å². The molecule has 0 aliphatic heterocycles. The summed E-state index contributed by atoms with van der Waals surface area (Å²) in [6.07, 6.45) is 1.68. The van der Waals surface area contributed by atoms with Crippen molar-refractivity contribution >= 4 is 42.6 Å². The molecule has 0 unspecified atom stereocenters. The van der Waals surface area contributed by atoms with Crippen LogP contribution in [0.3, 0.4) is 0 Å². The van der Waals surface area contributed by atoms with Gasteiger partial charge in [-0.3, -0.25) is 14.7 Å². The number of carbonyl (C=O) groups excluding carboxylic acids is 1. The smallest absolute Gasteiger partial charge is 0.260 e. The molecule has 0 aliphatic rings. The average molecular weight is 467 g/mol. The van der Waals surface area contributed by atoms with Crippen molar-refractivity contribution in [2.45, 2.75) is 18.4 Å². The summed E-state index contributed by atoms with van der Waals surface area (Å²) in [5.74, 6) is -0.278. The summed E-state index contributed by atoms with van der Waals surface area (Å²) in [6, 6.07) is 17.5. The van der Waals surface area contributed by atoms with Crippen molar-refractivity contribution in [3.8, 4) is 0 Å². The third kappa shape index (κ3) is 4.40. The van der Waals surface area contributed by atoms with Crippen LogP contribution in [0.4, 0.5) is 5.13 Å². The quantitative estimate of drug-likeness (QED) is 0.427. The lowest BCUT2D eigenvalue weighted by atomic mass is 10.2. The molecule has 4 aromatic rings. The fraction of sp³-hybridized carbons (Fsp3) is 0.174. The Hall–Kier alpha value is -3.14. The minimum Gasteiger partial charge on any atom is -0.278 e. The van der Waals surface area contributed by atoms with E-state index < -0.39 is 10.0 Å². The van der Waals surface area contributed by atoms with Gasteiger partial charge in [-0.15, -0.1) is 0 Å². The second-order valence-corrected chi connectivity index (χ2v) is 10.7. The first-order chi connectivity index (χ1) is 15.3. The minimum absolute atomic E-state index is 0.130. The van der Waals surface area contributed by atoms with Crippen LogP contribution in [-0.2, 0) is 16.6 Å². The lowest BCUT2D eigenvalue weighted by Crippen LogP contribution is -2.30. The Morgan fingerprint density at radius 3 is 2.44 bits per heavy atom. The summed E-state index contributed by atoms with van der Waals surface area (Å²) in [5.41, 5.74) is 3.03. The van der Waals surface area contributed by atoms with E-state index >= 15 is 0 Å². The first-order valence-electron chi connectivity index (χ1n) is 9.87. The summed E-state index contributed by atoms with van der Waals surface area (Å²) < 4.78 is 26.8. The molecule has 0 fully saturated rings. The number of thiazole rings is 1. The summed E-state index contributed by atoms with van der Waals surface area (Å²) in [6.45, 7) is 2.26.